The van der Waals surface area contributed by atoms with Crippen molar-refractivity contribution in [3.05, 3.63) is 22.6 Å². The van der Waals surface area contributed by atoms with Crippen LogP contribution in [-0.4, -0.2) is 92.8 Å². The molecule has 4 aliphatic rings. The van der Waals surface area contributed by atoms with Crippen molar-refractivity contribution in [1.29, 1.82) is 0 Å². The van der Waals surface area contributed by atoms with Crippen molar-refractivity contribution in [1.82, 2.24) is 14.8 Å². The molecule has 3 fully saturated rings. The Kier molecular flexibility index (Phi) is 7.66. The normalized spacial score (nSPS) is 27.7. The minimum Gasteiger partial charge on any atom is -0.543 e. The SMILES string of the molecule is C[C@@H](O)C1C(=O)N2C(C(=O)[O-])=C(SC3CN(c4nc(C(=O)N5CCSCC5)co4)C3)[C@H](C)C12.[Na+]. The summed E-state index contributed by atoms with van der Waals surface area (Å²) in [4.78, 5) is 46.8. The number of nitrogens with zero attached hydrogens (tertiary/aromatic N) is 4. The number of aromatic nitrogens is 1. The molecule has 4 aliphatic heterocycles. The predicted molar refractivity (Wildman–Crippen MR) is 120 cm³/mol. The number of hydrogen-bond donors (Lipinski definition) is 1. The Morgan fingerprint density at radius 1 is 1.32 bits per heavy atom. The first-order valence-corrected chi connectivity index (χ1v) is 13.0. The Morgan fingerprint density at radius 3 is 2.62 bits per heavy atom. The fourth-order valence-electron chi connectivity index (χ4n) is 4.95. The summed E-state index contributed by atoms with van der Waals surface area (Å²) in [6.07, 6.45) is 0.556. The van der Waals surface area contributed by atoms with Gasteiger partial charge in [-0.25, -0.2) is 0 Å². The van der Waals surface area contributed by atoms with Gasteiger partial charge in [0.15, 0.2) is 5.69 Å². The molecule has 0 radical (unpaired) electrons. The zero-order valence-electron chi connectivity index (χ0n) is 19.3. The van der Waals surface area contributed by atoms with Gasteiger partial charge in [-0.05, 0) is 6.92 Å². The zero-order chi connectivity index (χ0) is 23.4. The number of aliphatic hydroxyl groups excluding tert-OH is 1. The summed E-state index contributed by atoms with van der Waals surface area (Å²) < 4.78 is 5.53. The summed E-state index contributed by atoms with van der Waals surface area (Å²) in [5, 5.41) is 21.9. The van der Waals surface area contributed by atoms with Crippen molar-refractivity contribution < 1.29 is 58.6 Å². The Balaban J connectivity index is 0.00000274. The first kappa shape index (κ1) is 25.9. The minimum absolute atomic E-state index is 0. The Labute approximate surface area is 227 Å². The number of β-lactam (4-membered cyclic amide) rings is 1. The quantitative estimate of drug-likeness (QED) is 0.302. The molecule has 1 aromatic heterocycles. The largest absolute Gasteiger partial charge is 1.00 e. The summed E-state index contributed by atoms with van der Waals surface area (Å²) in [5.41, 5.74) is 0.230. The summed E-state index contributed by atoms with van der Waals surface area (Å²) in [7, 11) is 0. The summed E-state index contributed by atoms with van der Waals surface area (Å²) in [6.45, 7) is 6.01. The topological polar surface area (TPSA) is 130 Å². The van der Waals surface area contributed by atoms with Gasteiger partial charge in [-0.2, -0.15) is 16.7 Å². The van der Waals surface area contributed by atoms with Crippen LogP contribution >= 0.6 is 23.5 Å². The number of carbonyl (C=O) groups excluding carboxylic acids is 3. The van der Waals surface area contributed by atoms with Crippen LogP contribution in [0.5, 0.6) is 0 Å². The van der Waals surface area contributed by atoms with Crippen molar-refractivity contribution in [3.8, 4) is 0 Å². The second-order valence-electron chi connectivity index (χ2n) is 8.82. The van der Waals surface area contributed by atoms with Gasteiger partial charge in [0.25, 0.3) is 11.9 Å². The van der Waals surface area contributed by atoms with Crippen molar-refractivity contribution in [3.63, 3.8) is 0 Å². The number of fused-ring (bicyclic) bond motifs is 1. The van der Waals surface area contributed by atoms with Crippen molar-refractivity contribution in [2.24, 2.45) is 11.8 Å². The van der Waals surface area contributed by atoms with Crippen molar-refractivity contribution in [2.45, 2.75) is 31.2 Å². The van der Waals surface area contributed by atoms with E-state index in [9.17, 15) is 24.6 Å². The van der Waals surface area contributed by atoms with Crippen LogP contribution in [0.1, 0.15) is 24.3 Å². The van der Waals surface area contributed by atoms with Gasteiger partial charge in [0.1, 0.15) is 6.26 Å². The van der Waals surface area contributed by atoms with E-state index in [1.807, 2.05) is 23.6 Å². The maximum absolute atomic E-state index is 12.6. The molecular formula is C21H25N4NaO6S2. The molecule has 0 aromatic carbocycles. The van der Waals surface area contributed by atoms with E-state index in [-0.39, 0.29) is 64.3 Å². The number of carboxylic acid groups (broad SMARTS) is 1. The van der Waals surface area contributed by atoms with Gasteiger partial charge < -0.3 is 34.1 Å². The molecule has 2 unspecified atom stereocenters. The average Bonchev–Trinajstić information content (AvgIpc) is 3.32. The molecular weight excluding hydrogens is 491 g/mol. The number of amides is 2. The van der Waals surface area contributed by atoms with Crippen LogP contribution in [0.15, 0.2) is 21.3 Å². The third-order valence-corrected chi connectivity index (χ3v) is 9.12. The molecule has 13 heteroatoms. The monoisotopic (exact) mass is 516 g/mol. The van der Waals surface area contributed by atoms with E-state index >= 15 is 0 Å². The zero-order valence-corrected chi connectivity index (χ0v) is 22.9. The van der Waals surface area contributed by atoms with Crippen LogP contribution in [-0.2, 0) is 9.59 Å². The molecule has 34 heavy (non-hydrogen) atoms. The van der Waals surface area contributed by atoms with Crippen molar-refractivity contribution >= 4 is 47.3 Å². The smallest absolute Gasteiger partial charge is 0.543 e. The number of rotatable bonds is 6. The van der Waals surface area contributed by atoms with Crippen LogP contribution in [0.4, 0.5) is 6.01 Å². The molecule has 0 bridgehead atoms. The van der Waals surface area contributed by atoms with Crippen LogP contribution < -0.4 is 39.6 Å². The number of thioether (sulfide) groups is 2. The van der Waals surface area contributed by atoms with Crippen LogP contribution in [0.3, 0.4) is 0 Å². The standard InChI is InChI=1S/C21H26N4O6S2.Na/c1-10-15-14(11(2)26)19(28)25(15)16(20(29)30)17(10)33-12-7-24(8-12)21-22-13(9-31-21)18(27)23-3-5-32-6-4-23;/h9-12,14-15,26H,3-8H2,1-2H3,(H,29,30);/q;+1/p-1/t10-,11-,14?,15?;/m1./s1. The van der Waals surface area contributed by atoms with Gasteiger partial charge in [0.05, 0.1) is 29.7 Å². The number of oxazole rings is 1. The van der Waals surface area contributed by atoms with Crippen LogP contribution in [0.25, 0.3) is 0 Å². The molecule has 5 heterocycles. The molecule has 10 nitrogen and oxygen atoms in total. The molecule has 2 amide bonds. The average molecular weight is 517 g/mol. The molecule has 0 spiro atoms. The fraction of sp³-hybridized carbons (Fsp3) is 0.619. The number of aliphatic carboxylic acids is 1. The second kappa shape index (κ2) is 10.1. The molecule has 0 saturated carbocycles. The minimum atomic E-state index is -1.37. The first-order valence-electron chi connectivity index (χ1n) is 11.0. The van der Waals surface area contributed by atoms with Crippen LogP contribution in [0.2, 0.25) is 0 Å². The number of carboxylic acids is 1. The van der Waals surface area contributed by atoms with E-state index in [4.69, 9.17) is 4.42 Å². The third kappa shape index (κ3) is 4.30. The molecule has 3 saturated heterocycles. The molecule has 178 valence electrons. The predicted octanol–water partition coefficient (Wildman–Crippen LogP) is -3.39. The van der Waals surface area contributed by atoms with E-state index in [2.05, 4.69) is 4.98 Å². The fourth-order valence-corrected chi connectivity index (χ4v) is 7.37. The summed E-state index contributed by atoms with van der Waals surface area (Å²) in [5.74, 6) is -0.794. The molecule has 5 rings (SSSR count). The summed E-state index contributed by atoms with van der Waals surface area (Å²) in [6, 6.07) is 0.0286. The van der Waals surface area contributed by atoms with E-state index < -0.39 is 18.0 Å². The van der Waals surface area contributed by atoms with Gasteiger partial charge in [0.2, 0.25) is 5.91 Å². The molecule has 1 aromatic rings. The third-order valence-electron chi connectivity index (χ3n) is 6.72. The molecule has 4 atom stereocenters. The van der Waals surface area contributed by atoms with E-state index in [0.29, 0.717) is 42.8 Å². The van der Waals surface area contributed by atoms with Gasteiger partial charge in [-0.3, -0.25) is 9.59 Å². The van der Waals surface area contributed by atoms with Gasteiger partial charge in [-0.1, -0.05) is 6.92 Å². The van der Waals surface area contributed by atoms with E-state index in [1.165, 1.54) is 22.9 Å². The summed E-state index contributed by atoms with van der Waals surface area (Å²) >= 11 is 3.26. The Bertz CT molecular complexity index is 1020. The van der Waals surface area contributed by atoms with Gasteiger partial charge in [-0.15, -0.1) is 11.8 Å². The molecule has 0 aliphatic carbocycles. The maximum atomic E-state index is 12.6. The van der Waals surface area contributed by atoms with Crippen molar-refractivity contribution in [2.75, 3.05) is 42.6 Å². The maximum Gasteiger partial charge on any atom is 1.00 e. The molecule has 1 N–H and O–H groups in total. The van der Waals surface area contributed by atoms with Crippen LogP contribution in [0, 0.1) is 11.8 Å². The second-order valence-corrected chi connectivity index (χ2v) is 11.4. The van der Waals surface area contributed by atoms with Gasteiger partial charge in [0, 0.05) is 53.8 Å². The van der Waals surface area contributed by atoms with Gasteiger partial charge >= 0.3 is 29.6 Å². The number of hydrogen-bond acceptors (Lipinski definition) is 10. The Hall–Kier alpha value is -1.18. The van der Waals surface area contributed by atoms with E-state index in [0.717, 1.165) is 11.5 Å². The van der Waals surface area contributed by atoms with E-state index in [1.54, 1.807) is 11.8 Å². The number of carbonyl (C=O) groups is 3. The first-order chi connectivity index (χ1) is 15.8. The Morgan fingerprint density at radius 2 is 2.00 bits per heavy atom. The number of aliphatic hydroxyl groups is 1. The number of anilines is 1.